The molecule has 1 aliphatic heterocycles. The summed E-state index contributed by atoms with van der Waals surface area (Å²) in [7, 11) is -2.23. The molecule has 34 heavy (non-hydrogen) atoms. The van der Waals surface area contributed by atoms with Gasteiger partial charge in [-0.1, -0.05) is 30.3 Å². The van der Waals surface area contributed by atoms with Crippen LogP contribution in [0.5, 0.6) is 11.5 Å². The SMILES string of the molecule is CCOc1ccc(CNC(=O)c2cccc(S(=O)(=O)N3CCCc4ccccc43)c2)cc1OC. The van der Waals surface area contributed by atoms with E-state index in [2.05, 4.69) is 5.32 Å². The first kappa shape index (κ1) is 23.6. The average molecular weight is 481 g/mol. The molecule has 0 saturated carbocycles. The van der Waals surface area contributed by atoms with Crippen LogP contribution in [0.25, 0.3) is 0 Å². The minimum absolute atomic E-state index is 0.0968. The molecule has 7 nitrogen and oxygen atoms in total. The van der Waals surface area contributed by atoms with E-state index in [9.17, 15) is 13.2 Å². The Morgan fingerprint density at radius 1 is 1.03 bits per heavy atom. The predicted octanol–water partition coefficient (Wildman–Crippen LogP) is 4.17. The highest BCUT2D eigenvalue weighted by Crippen LogP contribution is 2.32. The van der Waals surface area contributed by atoms with Gasteiger partial charge >= 0.3 is 0 Å². The third-order valence-corrected chi connectivity index (χ3v) is 7.54. The van der Waals surface area contributed by atoms with Crippen molar-refractivity contribution in [2.75, 3.05) is 24.6 Å². The van der Waals surface area contributed by atoms with E-state index in [-0.39, 0.29) is 22.9 Å². The maximum absolute atomic E-state index is 13.4. The number of rotatable bonds is 8. The predicted molar refractivity (Wildman–Crippen MR) is 131 cm³/mol. The number of amides is 1. The first-order valence-electron chi connectivity index (χ1n) is 11.2. The quantitative estimate of drug-likeness (QED) is 0.523. The Balaban J connectivity index is 1.51. The molecule has 0 spiro atoms. The van der Waals surface area contributed by atoms with Crippen molar-refractivity contribution in [2.45, 2.75) is 31.2 Å². The fourth-order valence-corrected chi connectivity index (χ4v) is 5.64. The lowest BCUT2D eigenvalue weighted by Gasteiger charge is -2.30. The Labute approximate surface area is 200 Å². The molecule has 0 radical (unpaired) electrons. The number of benzene rings is 3. The van der Waals surface area contributed by atoms with Gasteiger partial charge in [0.15, 0.2) is 11.5 Å². The highest BCUT2D eigenvalue weighted by atomic mass is 32.2. The van der Waals surface area contributed by atoms with Crippen LogP contribution in [0.4, 0.5) is 5.69 Å². The zero-order valence-corrected chi connectivity index (χ0v) is 20.1. The van der Waals surface area contributed by atoms with Gasteiger partial charge in [-0.15, -0.1) is 0 Å². The normalized spacial score (nSPS) is 13.2. The molecule has 0 fully saturated rings. The molecule has 0 aliphatic carbocycles. The monoisotopic (exact) mass is 480 g/mol. The van der Waals surface area contributed by atoms with Crippen LogP contribution in [0.15, 0.2) is 71.6 Å². The molecule has 0 saturated heterocycles. The van der Waals surface area contributed by atoms with Gasteiger partial charge in [-0.2, -0.15) is 0 Å². The Morgan fingerprint density at radius 2 is 1.85 bits per heavy atom. The molecule has 1 amide bonds. The standard InChI is InChI=1S/C26H28N2O5S/c1-3-33-24-14-13-19(16-25(24)32-2)18-27-26(29)21-9-6-11-22(17-21)34(30,31)28-15-7-10-20-8-4-5-12-23(20)28/h4-6,8-9,11-14,16-17H,3,7,10,15,18H2,1-2H3,(H,27,29). The van der Waals surface area contributed by atoms with Gasteiger partial charge in [0.05, 0.1) is 24.3 Å². The van der Waals surface area contributed by atoms with Gasteiger partial charge in [0.2, 0.25) is 0 Å². The molecule has 3 aromatic rings. The molecule has 178 valence electrons. The molecule has 0 atom stereocenters. The fraction of sp³-hybridized carbons (Fsp3) is 0.269. The molecule has 8 heteroatoms. The van der Waals surface area contributed by atoms with Gasteiger partial charge in [0, 0.05) is 18.7 Å². The molecule has 0 bridgehead atoms. The molecule has 0 aromatic heterocycles. The minimum Gasteiger partial charge on any atom is -0.493 e. The van der Waals surface area contributed by atoms with E-state index in [0.717, 1.165) is 24.0 Å². The maximum Gasteiger partial charge on any atom is 0.264 e. The van der Waals surface area contributed by atoms with E-state index < -0.39 is 10.0 Å². The van der Waals surface area contributed by atoms with E-state index in [1.807, 2.05) is 37.3 Å². The van der Waals surface area contributed by atoms with E-state index in [0.29, 0.717) is 30.3 Å². The first-order valence-corrected chi connectivity index (χ1v) is 12.7. The second kappa shape index (κ2) is 10.2. The number of sulfonamides is 1. The van der Waals surface area contributed by atoms with Gasteiger partial charge in [-0.05, 0) is 67.3 Å². The van der Waals surface area contributed by atoms with Gasteiger partial charge in [0.1, 0.15) is 0 Å². The summed E-state index contributed by atoms with van der Waals surface area (Å²) in [5.41, 5.74) is 2.83. The Bertz CT molecular complexity index is 1290. The fourth-order valence-electron chi connectivity index (χ4n) is 4.05. The zero-order valence-electron chi connectivity index (χ0n) is 19.3. The van der Waals surface area contributed by atoms with Crippen LogP contribution < -0.4 is 19.1 Å². The molecule has 1 N–H and O–H groups in total. The van der Waals surface area contributed by atoms with E-state index >= 15 is 0 Å². The van der Waals surface area contributed by atoms with Crippen LogP contribution in [-0.2, 0) is 23.0 Å². The van der Waals surface area contributed by atoms with Crippen molar-refractivity contribution in [3.63, 3.8) is 0 Å². The summed E-state index contributed by atoms with van der Waals surface area (Å²) in [6.07, 6.45) is 1.60. The van der Waals surface area contributed by atoms with Crippen LogP contribution in [0, 0.1) is 0 Å². The number of nitrogens with one attached hydrogen (secondary N) is 1. The number of ether oxygens (including phenoxy) is 2. The number of nitrogens with zero attached hydrogens (tertiary/aromatic N) is 1. The number of carbonyl (C=O) groups excluding carboxylic acids is 1. The van der Waals surface area contributed by atoms with Crippen molar-refractivity contribution in [1.29, 1.82) is 0 Å². The van der Waals surface area contributed by atoms with Crippen LogP contribution in [0.2, 0.25) is 0 Å². The Hall–Kier alpha value is -3.52. The number of hydrogen-bond acceptors (Lipinski definition) is 5. The maximum atomic E-state index is 13.4. The highest BCUT2D eigenvalue weighted by Gasteiger charge is 2.29. The number of fused-ring (bicyclic) bond motifs is 1. The minimum atomic E-state index is -3.79. The second-order valence-electron chi connectivity index (χ2n) is 7.94. The van der Waals surface area contributed by atoms with Crippen molar-refractivity contribution >= 4 is 21.6 Å². The topological polar surface area (TPSA) is 84.9 Å². The van der Waals surface area contributed by atoms with Crippen LogP contribution in [-0.4, -0.2) is 34.6 Å². The summed E-state index contributed by atoms with van der Waals surface area (Å²) in [4.78, 5) is 12.9. The average Bonchev–Trinajstić information content (AvgIpc) is 2.87. The number of para-hydroxylation sites is 1. The third-order valence-electron chi connectivity index (χ3n) is 5.73. The van der Waals surface area contributed by atoms with Gasteiger partial charge in [0.25, 0.3) is 15.9 Å². The van der Waals surface area contributed by atoms with Crippen molar-refractivity contribution in [1.82, 2.24) is 5.32 Å². The van der Waals surface area contributed by atoms with Crippen LogP contribution in [0.3, 0.4) is 0 Å². The number of carbonyl (C=O) groups is 1. The lowest BCUT2D eigenvalue weighted by molar-refractivity contribution is 0.0950. The molecule has 1 heterocycles. The first-order chi connectivity index (χ1) is 16.4. The van der Waals surface area contributed by atoms with E-state index in [4.69, 9.17) is 9.47 Å². The van der Waals surface area contributed by atoms with E-state index in [1.165, 1.54) is 16.4 Å². The lowest BCUT2D eigenvalue weighted by atomic mass is 10.0. The molecule has 4 rings (SSSR count). The largest absolute Gasteiger partial charge is 0.493 e. The van der Waals surface area contributed by atoms with Gasteiger partial charge in [-0.25, -0.2) is 8.42 Å². The lowest BCUT2D eigenvalue weighted by Crippen LogP contribution is -2.35. The summed E-state index contributed by atoms with van der Waals surface area (Å²) in [6.45, 7) is 3.09. The summed E-state index contributed by atoms with van der Waals surface area (Å²) < 4.78 is 39.2. The highest BCUT2D eigenvalue weighted by molar-refractivity contribution is 7.92. The second-order valence-corrected chi connectivity index (χ2v) is 9.80. The molecular formula is C26H28N2O5S. The number of hydrogen-bond donors (Lipinski definition) is 1. The van der Waals surface area contributed by atoms with Crippen molar-refractivity contribution in [3.8, 4) is 11.5 Å². The molecular weight excluding hydrogens is 452 g/mol. The van der Waals surface area contributed by atoms with Crippen molar-refractivity contribution < 1.29 is 22.7 Å². The van der Waals surface area contributed by atoms with E-state index in [1.54, 1.807) is 31.4 Å². The number of methoxy groups -OCH3 is 1. The Kier molecular flexibility index (Phi) is 7.07. The molecule has 0 unspecified atom stereocenters. The van der Waals surface area contributed by atoms with Crippen molar-refractivity contribution in [3.05, 3.63) is 83.4 Å². The van der Waals surface area contributed by atoms with Gasteiger partial charge < -0.3 is 14.8 Å². The Morgan fingerprint density at radius 3 is 2.65 bits per heavy atom. The number of aryl methyl sites for hydroxylation is 1. The summed E-state index contributed by atoms with van der Waals surface area (Å²) in [5, 5.41) is 2.85. The van der Waals surface area contributed by atoms with Crippen LogP contribution >= 0.6 is 0 Å². The molecule has 3 aromatic carbocycles. The third kappa shape index (κ3) is 4.87. The summed E-state index contributed by atoms with van der Waals surface area (Å²) in [5.74, 6) is 0.865. The zero-order chi connectivity index (χ0) is 24.1. The summed E-state index contributed by atoms with van der Waals surface area (Å²) in [6, 6.07) is 19.2. The van der Waals surface area contributed by atoms with Crippen LogP contribution in [0.1, 0.15) is 34.8 Å². The van der Waals surface area contributed by atoms with Crippen molar-refractivity contribution in [2.24, 2.45) is 0 Å². The van der Waals surface area contributed by atoms with Gasteiger partial charge in [-0.3, -0.25) is 9.10 Å². The summed E-state index contributed by atoms with van der Waals surface area (Å²) >= 11 is 0. The molecule has 1 aliphatic rings. The number of anilines is 1. The smallest absolute Gasteiger partial charge is 0.264 e.